The summed E-state index contributed by atoms with van der Waals surface area (Å²) < 4.78 is 99.4. The summed E-state index contributed by atoms with van der Waals surface area (Å²) in [5.41, 5.74) is 1.15. The summed E-state index contributed by atoms with van der Waals surface area (Å²) in [7, 11) is -8.08. The Kier molecular flexibility index (Phi) is 5.67. The van der Waals surface area contributed by atoms with Crippen molar-refractivity contribution < 1.29 is 30.0 Å². The van der Waals surface area contributed by atoms with Crippen LogP contribution in [0, 0.1) is 17.5 Å². The van der Waals surface area contributed by atoms with E-state index < -0.39 is 54.3 Å². The van der Waals surface area contributed by atoms with E-state index >= 15 is 4.39 Å². The fraction of sp³-hybridized carbons (Fsp3) is 0.393. The fourth-order valence-corrected chi connectivity index (χ4v) is 10.1. The fourth-order valence-electron chi connectivity index (χ4n) is 6.56. The molecule has 226 valence electrons. The first kappa shape index (κ1) is 27.3. The third-order valence-electron chi connectivity index (χ3n) is 9.05. The minimum Gasteiger partial charge on any atom is -0.362 e. The van der Waals surface area contributed by atoms with Crippen LogP contribution in [0.4, 0.5) is 24.7 Å². The number of hydrogen-bond acceptors (Lipinski definition) is 7. The highest BCUT2D eigenvalue weighted by Gasteiger charge is 2.58. The highest BCUT2D eigenvalue weighted by Crippen LogP contribution is 2.59. The number of piperazine rings is 1. The first-order valence-corrected chi connectivity index (χ1v) is 17.3. The van der Waals surface area contributed by atoms with Gasteiger partial charge in [-0.3, -0.25) is 8.28 Å². The minimum atomic E-state index is -4.38. The molecular formula is C28H25ClF3N5O4S2. The second-order valence-corrected chi connectivity index (χ2v) is 16.2. The van der Waals surface area contributed by atoms with E-state index in [2.05, 4.69) is 9.88 Å². The first-order valence-electron chi connectivity index (χ1n) is 13.9. The predicted octanol–water partition coefficient (Wildman–Crippen LogP) is 4.34. The molecule has 3 aliphatic carbocycles. The van der Waals surface area contributed by atoms with Gasteiger partial charge < -0.3 is 9.80 Å². The predicted molar refractivity (Wildman–Crippen MR) is 153 cm³/mol. The van der Waals surface area contributed by atoms with Crippen LogP contribution in [0.1, 0.15) is 37.7 Å². The zero-order chi connectivity index (χ0) is 30.1. The summed E-state index contributed by atoms with van der Waals surface area (Å²) in [6.07, 6.45) is 6.20. The van der Waals surface area contributed by atoms with Gasteiger partial charge in [-0.1, -0.05) is 11.6 Å². The Bertz CT molecular complexity index is 1970. The van der Waals surface area contributed by atoms with Crippen LogP contribution in [0.3, 0.4) is 0 Å². The van der Waals surface area contributed by atoms with Crippen molar-refractivity contribution in [1.29, 1.82) is 0 Å². The second-order valence-electron chi connectivity index (χ2n) is 11.8. The molecule has 4 heterocycles. The smallest absolute Gasteiger partial charge is 0.266 e. The summed E-state index contributed by atoms with van der Waals surface area (Å²) in [6, 6.07) is 3.90. The Morgan fingerprint density at radius 1 is 1.00 bits per heavy atom. The van der Waals surface area contributed by atoms with Crippen molar-refractivity contribution in [3.63, 3.8) is 0 Å². The van der Waals surface area contributed by atoms with E-state index in [1.165, 1.54) is 18.3 Å². The maximum Gasteiger partial charge on any atom is 0.266 e. The number of rotatable bonds is 6. The van der Waals surface area contributed by atoms with Gasteiger partial charge in [0.05, 0.1) is 33.7 Å². The number of pyridine rings is 1. The third kappa shape index (κ3) is 4.05. The standard InChI is InChI=1S/C28H25ClF3N5O4S2/c29-20-3-4-21(31)26-24(20)25(36-10-9-34(15-28(36)6-7-28)27-22(32)11-16(30)13-33-27)19-12-23(19)37(26)43(40,41)18-5-8-35(14-18)42(38,39)17-1-2-17/h3-5,8,11,13-14,17,23H,1-2,6-7,9-10,12,15H2/t23-/m0/s1. The molecule has 15 heteroatoms. The molecule has 1 aromatic carbocycles. The van der Waals surface area contributed by atoms with Crippen LogP contribution in [0.2, 0.25) is 5.02 Å². The Labute approximate surface area is 251 Å². The van der Waals surface area contributed by atoms with Gasteiger partial charge in [0.2, 0.25) is 10.0 Å². The molecule has 1 spiro atoms. The van der Waals surface area contributed by atoms with Crippen molar-refractivity contribution >= 4 is 48.8 Å². The van der Waals surface area contributed by atoms with Crippen molar-refractivity contribution in [2.24, 2.45) is 0 Å². The molecule has 0 unspecified atom stereocenters. The van der Waals surface area contributed by atoms with Crippen LogP contribution in [0.25, 0.3) is 5.70 Å². The molecule has 1 saturated heterocycles. The van der Waals surface area contributed by atoms with Gasteiger partial charge in [-0.15, -0.1) is 0 Å². The van der Waals surface area contributed by atoms with Crippen LogP contribution in [0.15, 0.2) is 53.3 Å². The van der Waals surface area contributed by atoms with Crippen molar-refractivity contribution in [3.05, 3.63) is 76.5 Å². The molecule has 0 amide bonds. The number of fused-ring (bicyclic) bond motifs is 2. The van der Waals surface area contributed by atoms with Crippen molar-refractivity contribution in [2.45, 2.75) is 53.8 Å². The van der Waals surface area contributed by atoms with E-state index in [-0.39, 0.29) is 27.0 Å². The van der Waals surface area contributed by atoms with Crippen molar-refractivity contribution in [3.8, 4) is 0 Å². The van der Waals surface area contributed by atoms with E-state index in [9.17, 15) is 25.6 Å². The molecule has 3 saturated carbocycles. The Morgan fingerprint density at radius 3 is 2.47 bits per heavy atom. The van der Waals surface area contributed by atoms with Gasteiger partial charge in [-0.2, -0.15) is 0 Å². The molecule has 2 aromatic heterocycles. The Morgan fingerprint density at radius 2 is 1.77 bits per heavy atom. The lowest BCUT2D eigenvalue weighted by molar-refractivity contribution is 0.242. The SMILES string of the molecule is O=S(=O)(c1ccn(S(=O)(=O)C2CC2)c1)N1c2c(F)ccc(Cl)c2C(N2CCN(c3ncc(F)cc3F)CC23CC3)=C2C[C@@H]21. The van der Waals surface area contributed by atoms with Gasteiger partial charge in [-0.25, -0.2) is 35.0 Å². The summed E-state index contributed by atoms with van der Waals surface area (Å²) in [5, 5.41) is -0.351. The first-order chi connectivity index (χ1) is 20.4. The number of benzene rings is 1. The number of anilines is 2. The van der Waals surface area contributed by atoms with E-state index in [0.717, 1.165) is 51.2 Å². The molecule has 43 heavy (non-hydrogen) atoms. The number of hydrogen-bond donors (Lipinski definition) is 0. The van der Waals surface area contributed by atoms with Crippen molar-refractivity contribution in [2.75, 3.05) is 28.8 Å². The molecular weight excluding hydrogens is 627 g/mol. The van der Waals surface area contributed by atoms with Gasteiger partial charge in [0, 0.05) is 49.4 Å². The highest BCUT2D eigenvalue weighted by atomic mass is 35.5. The lowest BCUT2D eigenvalue weighted by atomic mass is 9.99. The molecule has 0 N–H and O–H groups in total. The zero-order valence-electron chi connectivity index (χ0n) is 22.6. The summed E-state index contributed by atoms with van der Waals surface area (Å²) in [4.78, 5) is 7.65. The van der Waals surface area contributed by atoms with Crippen molar-refractivity contribution in [1.82, 2.24) is 13.9 Å². The maximum atomic E-state index is 15.8. The van der Waals surface area contributed by atoms with E-state index in [1.807, 2.05) is 0 Å². The van der Waals surface area contributed by atoms with Gasteiger partial charge in [0.15, 0.2) is 11.6 Å². The number of nitrogens with zero attached hydrogens (tertiary/aromatic N) is 5. The van der Waals surface area contributed by atoms with E-state index in [1.54, 1.807) is 4.90 Å². The maximum absolute atomic E-state index is 15.8. The molecule has 8 rings (SSSR count). The summed E-state index contributed by atoms with van der Waals surface area (Å²) in [6.45, 7) is 1.16. The Balaban J connectivity index is 1.18. The Hall–Kier alpha value is -3.23. The molecule has 9 nitrogen and oxygen atoms in total. The second kappa shape index (κ2) is 8.91. The number of aromatic nitrogens is 2. The van der Waals surface area contributed by atoms with E-state index in [4.69, 9.17) is 11.6 Å². The monoisotopic (exact) mass is 651 g/mol. The summed E-state index contributed by atoms with van der Waals surface area (Å²) >= 11 is 6.71. The van der Waals surface area contributed by atoms with Crippen LogP contribution in [0.5, 0.6) is 0 Å². The minimum absolute atomic E-state index is 0.0651. The molecule has 4 fully saturated rings. The molecule has 3 aromatic rings. The van der Waals surface area contributed by atoms with Gasteiger partial charge in [0.25, 0.3) is 10.0 Å². The molecule has 0 bridgehead atoms. The molecule has 2 aliphatic heterocycles. The normalized spacial score (nSPS) is 22.6. The van der Waals surface area contributed by atoms with Crippen LogP contribution in [-0.2, 0) is 20.0 Å². The lowest BCUT2D eigenvalue weighted by Crippen LogP contribution is -2.55. The molecule has 5 aliphatic rings. The lowest BCUT2D eigenvalue weighted by Gasteiger charge is -2.46. The van der Waals surface area contributed by atoms with Gasteiger partial charge in [0.1, 0.15) is 16.5 Å². The van der Waals surface area contributed by atoms with Crippen LogP contribution >= 0.6 is 11.6 Å². The van der Waals surface area contributed by atoms with Gasteiger partial charge >= 0.3 is 0 Å². The quantitative estimate of drug-likeness (QED) is 0.391. The topological polar surface area (TPSA) is 95.8 Å². The highest BCUT2D eigenvalue weighted by molar-refractivity contribution is 7.93. The van der Waals surface area contributed by atoms with Crippen LogP contribution in [-0.4, -0.2) is 67.2 Å². The average Bonchev–Trinajstić information content (AvgIpc) is 3.87. The molecule has 0 radical (unpaired) electrons. The summed E-state index contributed by atoms with van der Waals surface area (Å²) in [5.74, 6) is -2.21. The van der Waals surface area contributed by atoms with Gasteiger partial charge in [-0.05, 0) is 55.9 Å². The number of halogens is 4. The zero-order valence-corrected chi connectivity index (χ0v) is 24.9. The van der Waals surface area contributed by atoms with Crippen LogP contribution < -0.4 is 9.21 Å². The molecule has 1 atom stereocenters. The third-order valence-corrected chi connectivity index (χ3v) is 13.3. The average molecular weight is 652 g/mol. The van der Waals surface area contributed by atoms with E-state index in [0.29, 0.717) is 44.6 Å². The number of sulfonamides is 1. The largest absolute Gasteiger partial charge is 0.362 e.